The monoisotopic (exact) mass is 225 g/mol. The first-order valence-electron chi connectivity index (χ1n) is 6.68. The topological polar surface area (TPSA) is 40.5 Å². The zero-order valence-electron chi connectivity index (χ0n) is 10.2. The Bertz CT molecular complexity index is 254. The summed E-state index contributed by atoms with van der Waals surface area (Å²) in [5.41, 5.74) is 0. The average molecular weight is 225 g/mol. The van der Waals surface area contributed by atoms with Gasteiger partial charge in [0.15, 0.2) is 0 Å². The number of likely N-dealkylation sites (tertiary alicyclic amines) is 1. The van der Waals surface area contributed by atoms with Crippen LogP contribution in [-0.2, 0) is 4.79 Å². The van der Waals surface area contributed by atoms with Crippen molar-refractivity contribution in [2.24, 2.45) is 11.8 Å². The van der Waals surface area contributed by atoms with Crippen molar-refractivity contribution in [1.82, 2.24) is 4.90 Å². The summed E-state index contributed by atoms with van der Waals surface area (Å²) < 4.78 is 0. The molecule has 0 bridgehead atoms. The molecule has 16 heavy (non-hydrogen) atoms. The third-order valence-electron chi connectivity index (χ3n) is 4.17. The zero-order valence-corrected chi connectivity index (χ0v) is 10.2. The number of fused-ring (bicyclic) bond motifs is 1. The van der Waals surface area contributed by atoms with Gasteiger partial charge in [0.2, 0.25) is 5.91 Å². The molecule has 0 spiro atoms. The van der Waals surface area contributed by atoms with Crippen LogP contribution >= 0.6 is 0 Å². The number of aliphatic hydroxyl groups excluding tert-OH is 1. The zero-order chi connectivity index (χ0) is 11.5. The Morgan fingerprint density at radius 1 is 1.31 bits per heavy atom. The van der Waals surface area contributed by atoms with E-state index in [0.29, 0.717) is 24.2 Å². The Kier molecular flexibility index (Phi) is 3.85. The average Bonchev–Trinajstić information content (AvgIpc) is 2.82. The lowest BCUT2D eigenvalue weighted by molar-refractivity contribution is -0.130. The van der Waals surface area contributed by atoms with Gasteiger partial charge in [-0.15, -0.1) is 0 Å². The van der Waals surface area contributed by atoms with E-state index in [1.165, 1.54) is 0 Å². The summed E-state index contributed by atoms with van der Waals surface area (Å²) in [5, 5.41) is 9.78. The highest BCUT2D eigenvalue weighted by Crippen LogP contribution is 2.38. The molecule has 2 fully saturated rings. The normalized spacial score (nSPS) is 33.1. The third kappa shape index (κ3) is 2.40. The van der Waals surface area contributed by atoms with E-state index < -0.39 is 0 Å². The highest BCUT2D eigenvalue weighted by molar-refractivity contribution is 5.76. The Labute approximate surface area is 97.8 Å². The van der Waals surface area contributed by atoms with Crippen molar-refractivity contribution in [1.29, 1.82) is 0 Å². The summed E-state index contributed by atoms with van der Waals surface area (Å²) >= 11 is 0. The molecule has 1 heterocycles. The maximum atomic E-state index is 11.9. The van der Waals surface area contributed by atoms with Gasteiger partial charge in [0.25, 0.3) is 0 Å². The van der Waals surface area contributed by atoms with Gasteiger partial charge in [-0.1, -0.05) is 19.8 Å². The molecule has 0 aromatic rings. The molecule has 3 nitrogen and oxygen atoms in total. The van der Waals surface area contributed by atoms with E-state index >= 15 is 0 Å². The molecule has 3 unspecified atom stereocenters. The quantitative estimate of drug-likeness (QED) is 0.741. The molecule has 0 aromatic heterocycles. The molecule has 1 aliphatic carbocycles. The first kappa shape index (κ1) is 11.9. The summed E-state index contributed by atoms with van der Waals surface area (Å²) in [6, 6.07) is 0. The molecular weight excluding hydrogens is 202 g/mol. The minimum absolute atomic E-state index is 0.154. The third-order valence-corrected chi connectivity index (χ3v) is 4.17. The summed E-state index contributed by atoms with van der Waals surface area (Å²) in [4.78, 5) is 13.9. The van der Waals surface area contributed by atoms with Crippen LogP contribution in [0.25, 0.3) is 0 Å². The van der Waals surface area contributed by atoms with E-state index in [1.54, 1.807) is 0 Å². The van der Waals surface area contributed by atoms with Crippen molar-refractivity contribution in [2.75, 3.05) is 13.1 Å². The van der Waals surface area contributed by atoms with Gasteiger partial charge >= 0.3 is 0 Å². The maximum absolute atomic E-state index is 11.9. The summed E-state index contributed by atoms with van der Waals surface area (Å²) in [6.07, 6.45) is 5.91. The predicted molar refractivity (Wildman–Crippen MR) is 62.9 cm³/mol. The van der Waals surface area contributed by atoms with E-state index in [0.717, 1.165) is 45.2 Å². The van der Waals surface area contributed by atoms with Crippen LogP contribution in [0.4, 0.5) is 0 Å². The highest BCUT2D eigenvalue weighted by atomic mass is 16.3. The standard InChI is InChI=1S/C13H23NO2/c1-2-3-4-5-13(16)14-8-10-6-7-12(15)11(10)9-14/h10-12,15H,2-9H2,1H3. The van der Waals surface area contributed by atoms with E-state index in [-0.39, 0.29) is 6.10 Å². The minimum Gasteiger partial charge on any atom is -0.393 e. The number of carbonyl (C=O) groups excluding carboxylic acids is 1. The number of hydrogen-bond donors (Lipinski definition) is 1. The molecule has 92 valence electrons. The second-order valence-electron chi connectivity index (χ2n) is 5.32. The Hall–Kier alpha value is -0.570. The molecule has 2 aliphatic rings. The first-order chi connectivity index (χ1) is 7.72. The van der Waals surface area contributed by atoms with Gasteiger partial charge in [-0.2, -0.15) is 0 Å². The minimum atomic E-state index is -0.154. The molecule has 0 radical (unpaired) electrons. The fraction of sp³-hybridized carbons (Fsp3) is 0.923. The van der Waals surface area contributed by atoms with E-state index in [9.17, 15) is 9.90 Å². The van der Waals surface area contributed by atoms with Gasteiger partial charge < -0.3 is 10.0 Å². The number of carbonyl (C=O) groups is 1. The Balaban J connectivity index is 1.78. The fourth-order valence-electron chi connectivity index (χ4n) is 3.12. The highest BCUT2D eigenvalue weighted by Gasteiger charge is 2.42. The molecule has 1 N–H and O–H groups in total. The summed E-state index contributed by atoms with van der Waals surface area (Å²) in [7, 11) is 0. The van der Waals surface area contributed by atoms with Crippen LogP contribution in [0, 0.1) is 11.8 Å². The molecule has 2 rings (SSSR count). The van der Waals surface area contributed by atoms with Crippen LogP contribution < -0.4 is 0 Å². The number of hydrogen-bond acceptors (Lipinski definition) is 2. The number of aliphatic hydroxyl groups is 1. The Morgan fingerprint density at radius 3 is 2.81 bits per heavy atom. The molecule has 1 aliphatic heterocycles. The first-order valence-corrected chi connectivity index (χ1v) is 6.68. The van der Waals surface area contributed by atoms with Gasteiger partial charge in [-0.25, -0.2) is 0 Å². The van der Waals surface area contributed by atoms with Crippen molar-refractivity contribution in [3.8, 4) is 0 Å². The lowest BCUT2D eigenvalue weighted by Crippen LogP contribution is -2.30. The van der Waals surface area contributed by atoms with Gasteiger partial charge in [-0.05, 0) is 25.2 Å². The van der Waals surface area contributed by atoms with Crippen LogP contribution in [0.2, 0.25) is 0 Å². The van der Waals surface area contributed by atoms with Crippen LogP contribution in [0.3, 0.4) is 0 Å². The predicted octanol–water partition coefficient (Wildman–Crippen LogP) is 1.80. The van der Waals surface area contributed by atoms with E-state index in [2.05, 4.69) is 6.92 Å². The lowest BCUT2D eigenvalue weighted by atomic mass is 10.00. The molecule has 3 atom stereocenters. The fourth-order valence-corrected chi connectivity index (χ4v) is 3.12. The molecule has 3 heteroatoms. The van der Waals surface area contributed by atoms with Crippen LogP contribution in [-0.4, -0.2) is 35.1 Å². The van der Waals surface area contributed by atoms with Crippen molar-refractivity contribution >= 4 is 5.91 Å². The van der Waals surface area contributed by atoms with Crippen molar-refractivity contribution in [3.05, 3.63) is 0 Å². The van der Waals surface area contributed by atoms with Crippen molar-refractivity contribution < 1.29 is 9.90 Å². The number of unbranched alkanes of at least 4 members (excludes halogenated alkanes) is 2. The number of nitrogens with zero attached hydrogens (tertiary/aromatic N) is 1. The lowest BCUT2D eigenvalue weighted by Gasteiger charge is -2.18. The van der Waals surface area contributed by atoms with Gasteiger partial charge in [0.05, 0.1) is 6.10 Å². The largest absolute Gasteiger partial charge is 0.393 e. The second-order valence-corrected chi connectivity index (χ2v) is 5.32. The number of rotatable bonds is 4. The van der Waals surface area contributed by atoms with E-state index in [1.807, 2.05) is 4.90 Å². The SMILES string of the molecule is CCCCCC(=O)N1CC2CCC(O)C2C1. The van der Waals surface area contributed by atoms with Crippen LogP contribution in [0.5, 0.6) is 0 Å². The molecule has 1 saturated carbocycles. The van der Waals surface area contributed by atoms with Gasteiger partial charge in [-0.3, -0.25) is 4.79 Å². The maximum Gasteiger partial charge on any atom is 0.222 e. The molecule has 0 aromatic carbocycles. The van der Waals surface area contributed by atoms with Crippen molar-refractivity contribution in [3.63, 3.8) is 0 Å². The van der Waals surface area contributed by atoms with Gasteiger partial charge in [0.1, 0.15) is 0 Å². The molecule has 1 saturated heterocycles. The van der Waals surface area contributed by atoms with Gasteiger partial charge in [0, 0.05) is 25.4 Å². The molecule has 1 amide bonds. The van der Waals surface area contributed by atoms with Crippen LogP contribution in [0.1, 0.15) is 45.4 Å². The molecular formula is C13H23NO2. The second kappa shape index (κ2) is 5.17. The summed E-state index contributed by atoms with van der Waals surface area (Å²) in [6.45, 7) is 3.85. The van der Waals surface area contributed by atoms with Crippen LogP contribution in [0.15, 0.2) is 0 Å². The summed E-state index contributed by atoms with van der Waals surface area (Å²) in [5.74, 6) is 1.25. The van der Waals surface area contributed by atoms with Crippen molar-refractivity contribution in [2.45, 2.75) is 51.6 Å². The smallest absolute Gasteiger partial charge is 0.222 e. The Morgan fingerprint density at radius 2 is 2.12 bits per heavy atom. The van der Waals surface area contributed by atoms with E-state index in [4.69, 9.17) is 0 Å². The number of amides is 1.